The molecule has 2 fully saturated rings. The molecule has 5 nitrogen and oxygen atoms in total. The Morgan fingerprint density at radius 2 is 1.39 bits per heavy atom. The van der Waals surface area contributed by atoms with Gasteiger partial charge in [0, 0.05) is 31.2 Å². The van der Waals surface area contributed by atoms with Gasteiger partial charge in [-0.05, 0) is 56.9 Å². The van der Waals surface area contributed by atoms with Crippen molar-refractivity contribution in [2.24, 2.45) is 0 Å². The average Bonchev–Trinajstić information content (AvgIpc) is 2.75. The van der Waals surface area contributed by atoms with Crippen molar-refractivity contribution in [2.75, 3.05) is 13.6 Å². The summed E-state index contributed by atoms with van der Waals surface area (Å²) >= 11 is 0. The third kappa shape index (κ3) is 4.60. The molecule has 1 amide bonds. The first-order valence-electron chi connectivity index (χ1n) is 10.8. The minimum absolute atomic E-state index is 0.0129. The Morgan fingerprint density at radius 1 is 0.893 bits per heavy atom. The fraction of sp³-hybridized carbons (Fsp3) is 0.682. The molecule has 0 N–H and O–H groups in total. The SMILES string of the molecule is CCN(C(=O)c1ccc(S(=O)(=O)N(C)C2CCCCC2)cc1)C1CCCCC1. The van der Waals surface area contributed by atoms with Gasteiger partial charge in [-0.15, -0.1) is 0 Å². The molecule has 0 aliphatic heterocycles. The Bertz CT molecular complexity index is 748. The predicted octanol–water partition coefficient (Wildman–Crippen LogP) is 4.43. The first-order valence-corrected chi connectivity index (χ1v) is 12.3. The Labute approximate surface area is 170 Å². The standard InChI is InChI=1S/C22H34N2O3S/c1-3-24(20-12-8-5-9-13-20)22(25)18-14-16-21(17-15-18)28(26,27)23(2)19-10-6-4-7-11-19/h14-17,19-20H,3-13H2,1-2H3. The van der Waals surface area contributed by atoms with Crippen LogP contribution in [0.2, 0.25) is 0 Å². The average molecular weight is 407 g/mol. The highest BCUT2D eigenvalue weighted by molar-refractivity contribution is 7.89. The van der Waals surface area contributed by atoms with E-state index in [0.717, 1.165) is 38.5 Å². The van der Waals surface area contributed by atoms with Crippen molar-refractivity contribution >= 4 is 15.9 Å². The van der Waals surface area contributed by atoms with E-state index in [-0.39, 0.29) is 16.8 Å². The molecule has 1 aromatic carbocycles. The number of hydrogen-bond donors (Lipinski definition) is 0. The van der Waals surface area contributed by atoms with Gasteiger partial charge in [-0.2, -0.15) is 4.31 Å². The van der Waals surface area contributed by atoms with Crippen molar-refractivity contribution in [1.82, 2.24) is 9.21 Å². The maximum atomic E-state index is 13.0. The van der Waals surface area contributed by atoms with E-state index in [1.807, 2.05) is 11.8 Å². The van der Waals surface area contributed by atoms with E-state index in [4.69, 9.17) is 0 Å². The minimum atomic E-state index is -3.52. The minimum Gasteiger partial charge on any atom is -0.336 e. The monoisotopic (exact) mass is 406 g/mol. The molecule has 0 bridgehead atoms. The second-order valence-electron chi connectivity index (χ2n) is 8.22. The quantitative estimate of drug-likeness (QED) is 0.702. The second-order valence-corrected chi connectivity index (χ2v) is 10.2. The third-order valence-electron chi connectivity index (χ3n) is 6.48. The maximum absolute atomic E-state index is 13.0. The first kappa shape index (κ1) is 21.3. The van der Waals surface area contributed by atoms with Crippen LogP contribution in [-0.2, 0) is 10.0 Å². The van der Waals surface area contributed by atoms with E-state index in [1.165, 1.54) is 30.0 Å². The van der Waals surface area contributed by atoms with E-state index in [0.29, 0.717) is 18.2 Å². The molecule has 0 aromatic heterocycles. The van der Waals surface area contributed by atoms with Crippen LogP contribution in [0.15, 0.2) is 29.2 Å². The van der Waals surface area contributed by atoms with Gasteiger partial charge in [-0.25, -0.2) is 8.42 Å². The van der Waals surface area contributed by atoms with Gasteiger partial charge in [0.2, 0.25) is 10.0 Å². The number of carbonyl (C=O) groups excluding carboxylic acids is 1. The molecule has 0 atom stereocenters. The lowest BCUT2D eigenvalue weighted by Crippen LogP contribution is -2.41. The molecule has 2 aliphatic rings. The first-order chi connectivity index (χ1) is 13.4. The van der Waals surface area contributed by atoms with Crippen molar-refractivity contribution in [2.45, 2.75) is 88.1 Å². The zero-order valence-electron chi connectivity index (χ0n) is 17.3. The molecule has 28 heavy (non-hydrogen) atoms. The Morgan fingerprint density at radius 3 is 1.89 bits per heavy atom. The zero-order valence-corrected chi connectivity index (χ0v) is 18.1. The van der Waals surface area contributed by atoms with Crippen LogP contribution < -0.4 is 0 Å². The van der Waals surface area contributed by atoms with Crippen LogP contribution in [0.25, 0.3) is 0 Å². The van der Waals surface area contributed by atoms with Crippen LogP contribution in [0.1, 0.15) is 81.5 Å². The fourth-order valence-electron chi connectivity index (χ4n) is 4.70. The summed E-state index contributed by atoms with van der Waals surface area (Å²) in [6.45, 7) is 2.71. The highest BCUT2D eigenvalue weighted by Gasteiger charge is 2.30. The number of benzene rings is 1. The lowest BCUT2D eigenvalue weighted by Gasteiger charge is -2.33. The van der Waals surface area contributed by atoms with Gasteiger partial charge in [-0.3, -0.25) is 4.79 Å². The van der Waals surface area contributed by atoms with Gasteiger partial charge in [0.25, 0.3) is 5.91 Å². The molecule has 1 aromatic rings. The van der Waals surface area contributed by atoms with Crippen molar-refractivity contribution in [1.29, 1.82) is 0 Å². The summed E-state index contributed by atoms with van der Waals surface area (Å²) in [5.41, 5.74) is 0.576. The summed E-state index contributed by atoms with van der Waals surface area (Å²) in [5.74, 6) is 0.0129. The van der Waals surface area contributed by atoms with E-state index < -0.39 is 10.0 Å². The Kier molecular flexibility index (Phi) is 7.15. The molecule has 6 heteroatoms. The van der Waals surface area contributed by atoms with E-state index >= 15 is 0 Å². The summed E-state index contributed by atoms with van der Waals surface area (Å²) < 4.78 is 27.5. The molecule has 0 saturated heterocycles. The largest absolute Gasteiger partial charge is 0.336 e. The predicted molar refractivity (Wildman–Crippen MR) is 112 cm³/mol. The molecule has 2 saturated carbocycles. The number of hydrogen-bond acceptors (Lipinski definition) is 3. The fourth-order valence-corrected chi connectivity index (χ4v) is 6.12. The van der Waals surface area contributed by atoms with Gasteiger partial charge >= 0.3 is 0 Å². The van der Waals surface area contributed by atoms with Crippen LogP contribution in [0.3, 0.4) is 0 Å². The van der Waals surface area contributed by atoms with Gasteiger partial charge < -0.3 is 4.90 Å². The number of rotatable bonds is 6. The lowest BCUT2D eigenvalue weighted by molar-refractivity contribution is 0.0648. The zero-order chi connectivity index (χ0) is 20.1. The normalized spacial score (nSPS) is 19.7. The lowest BCUT2D eigenvalue weighted by atomic mass is 9.93. The molecular formula is C22H34N2O3S. The molecule has 0 spiro atoms. The van der Waals surface area contributed by atoms with Gasteiger partial charge in [0.1, 0.15) is 0 Å². The topological polar surface area (TPSA) is 57.7 Å². The molecule has 3 rings (SSSR count). The third-order valence-corrected chi connectivity index (χ3v) is 8.41. The number of sulfonamides is 1. The van der Waals surface area contributed by atoms with E-state index in [9.17, 15) is 13.2 Å². The summed E-state index contributed by atoms with van der Waals surface area (Å²) in [6, 6.07) is 6.94. The Hall–Kier alpha value is -1.40. The van der Waals surface area contributed by atoms with Gasteiger partial charge in [0.15, 0.2) is 0 Å². The van der Waals surface area contributed by atoms with E-state index in [2.05, 4.69) is 0 Å². The smallest absolute Gasteiger partial charge is 0.254 e. The summed E-state index contributed by atoms with van der Waals surface area (Å²) in [7, 11) is -1.83. The van der Waals surface area contributed by atoms with Crippen LogP contribution in [0.4, 0.5) is 0 Å². The molecule has 0 heterocycles. The summed E-state index contributed by atoms with van der Waals surface area (Å²) in [4.78, 5) is 15.2. The van der Waals surface area contributed by atoms with E-state index in [1.54, 1.807) is 31.3 Å². The Balaban J connectivity index is 1.73. The number of carbonyl (C=O) groups is 1. The number of nitrogens with zero attached hydrogens (tertiary/aromatic N) is 2. The maximum Gasteiger partial charge on any atom is 0.254 e. The van der Waals surface area contributed by atoms with Crippen molar-refractivity contribution in [3.05, 3.63) is 29.8 Å². The molecule has 156 valence electrons. The summed E-state index contributed by atoms with van der Waals surface area (Å²) in [5, 5.41) is 0. The van der Waals surface area contributed by atoms with Crippen LogP contribution >= 0.6 is 0 Å². The van der Waals surface area contributed by atoms with Crippen molar-refractivity contribution < 1.29 is 13.2 Å². The number of amides is 1. The van der Waals surface area contributed by atoms with Crippen LogP contribution in [0.5, 0.6) is 0 Å². The van der Waals surface area contributed by atoms with Crippen LogP contribution in [-0.4, -0.2) is 49.2 Å². The summed E-state index contributed by atoms with van der Waals surface area (Å²) in [6.07, 6.45) is 11.0. The molecule has 0 radical (unpaired) electrons. The second kappa shape index (κ2) is 9.40. The molecule has 2 aliphatic carbocycles. The van der Waals surface area contributed by atoms with Crippen molar-refractivity contribution in [3.8, 4) is 0 Å². The van der Waals surface area contributed by atoms with Gasteiger partial charge in [0.05, 0.1) is 4.90 Å². The highest BCUT2D eigenvalue weighted by atomic mass is 32.2. The van der Waals surface area contributed by atoms with Crippen molar-refractivity contribution in [3.63, 3.8) is 0 Å². The molecular weight excluding hydrogens is 372 g/mol. The molecule has 0 unspecified atom stereocenters. The van der Waals surface area contributed by atoms with Gasteiger partial charge in [-0.1, -0.05) is 38.5 Å². The van der Waals surface area contributed by atoms with Crippen LogP contribution in [0, 0.1) is 0 Å². The highest BCUT2D eigenvalue weighted by Crippen LogP contribution is 2.27.